The van der Waals surface area contributed by atoms with Crippen LogP contribution < -0.4 is 5.32 Å². The van der Waals surface area contributed by atoms with Crippen molar-refractivity contribution in [3.05, 3.63) is 0 Å². The van der Waals surface area contributed by atoms with Crippen LogP contribution in [0.4, 0.5) is 0 Å². The molecule has 82 valence electrons. The van der Waals surface area contributed by atoms with Crippen LogP contribution in [0, 0.1) is 23.2 Å². The molecule has 4 atom stereocenters. The van der Waals surface area contributed by atoms with Gasteiger partial charge in [0.15, 0.2) is 0 Å². The van der Waals surface area contributed by atoms with E-state index in [0.29, 0.717) is 11.5 Å². The van der Waals surface area contributed by atoms with Gasteiger partial charge in [-0.15, -0.1) is 0 Å². The topological polar surface area (TPSA) is 12.0 Å². The summed E-state index contributed by atoms with van der Waals surface area (Å²) in [6.07, 6.45) is 2.90. The molecule has 0 heterocycles. The number of rotatable bonds is 2. The Morgan fingerprint density at radius 2 is 1.86 bits per heavy atom. The Labute approximate surface area is 88.7 Å². The van der Waals surface area contributed by atoms with Crippen LogP contribution in [0.1, 0.15) is 47.5 Å². The smallest absolute Gasteiger partial charge is 0.0101 e. The molecule has 0 aromatic carbocycles. The molecule has 3 fully saturated rings. The van der Waals surface area contributed by atoms with E-state index < -0.39 is 0 Å². The zero-order valence-corrected chi connectivity index (χ0v) is 10.3. The van der Waals surface area contributed by atoms with Crippen molar-refractivity contribution in [1.29, 1.82) is 0 Å². The van der Waals surface area contributed by atoms with E-state index in [1.165, 1.54) is 12.8 Å². The van der Waals surface area contributed by atoms with Crippen LogP contribution in [0.3, 0.4) is 0 Å². The van der Waals surface area contributed by atoms with Crippen LogP contribution >= 0.6 is 0 Å². The Morgan fingerprint density at radius 1 is 1.21 bits per heavy atom. The maximum absolute atomic E-state index is 3.73. The zero-order chi connectivity index (χ0) is 10.5. The van der Waals surface area contributed by atoms with Crippen LogP contribution in [-0.4, -0.2) is 12.1 Å². The van der Waals surface area contributed by atoms with E-state index in [1.807, 2.05) is 0 Å². The van der Waals surface area contributed by atoms with E-state index in [9.17, 15) is 0 Å². The summed E-state index contributed by atoms with van der Waals surface area (Å²) in [4.78, 5) is 0. The highest BCUT2D eigenvalue weighted by Crippen LogP contribution is 2.61. The van der Waals surface area contributed by atoms with Crippen molar-refractivity contribution in [2.24, 2.45) is 23.2 Å². The summed E-state index contributed by atoms with van der Waals surface area (Å²) >= 11 is 0. The fourth-order valence-corrected chi connectivity index (χ4v) is 3.80. The van der Waals surface area contributed by atoms with Gasteiger partial charge in [-0.3, -0.25) is 0 Å². The van der Waals surface area contributed by atoms with Crippen LogP contribution in [0.5, 0.6) is 0 Å². The molecular formula is C13H25N. The monoisotopic (exact) mass is 195 g/mol. The zero-order valence-electron chi connectivity index (χ0n) is 10.3. The van der Waals surface area contributed by atoms with Gasteiger partial charge >= 0.3 is 0 Å². The van der Waals surface area contributed by atoms with Crippen LogP contribution in [0.15, 0.2) is 0 Å². The van der Waals surface area contributed by atoms with Crippen molar-refractivity contribution < 1.29 is 0 Å². The van der Waals surface area contributed by atoms with Crippen molar-refractivity contribution in [1.82, 2.24) is 5.32 Å². The maximum atomic E-state index is 3.73. The van der Waals surface area contributed by atoms with Gasteiger partial charge in [-0.05, 0) is 36.0 Å². The maximum Gasteiger partial charge on any atom is 0.0101 e. The minimum Gasteiger partial charge on any atom is -0.311 e. The molecule has 3 aliphatic rings. The summed E-state index contributed by atoms with van der Waals surface area (Å²) in [6, 6.07) is 1.43. The third-order valence-corrected chi connectivity index (χ3v) is 4.90. The first-order chi connectivity index (χ1) is 6.43. The largest absolute Gasteiger partial charge is 0.311 e. The average molecular weight is 195 g/mol. The quantitative estimate of drug-likeness (QED) is 0.714. The molecule has 0 aromatic rings. The minimum atomic E-state index is 0.634. The highest BCUT2D eigenvalue weighted by Gasteiger charge is 2.56. The minimum absolute atomic E-state index is 0.634. The van der Waals surface area contributed by atoms with Gasteiger partial charge in [-0.1, -0.05) is 34.6 Å². The summed E-state index contributed by atoms with van der Waals surface area (Å²) in [5.74, 6) is 2.83. The highest BCUT2D eigenvalue weighted by molar-refractivity contribution is 5.07. The third kappa shape index (κ3) is 1.41. The number of fused-ring (bicyclic) bond motifs is 2. The average Bonchev–Trinajstić information content (AvgIpc) is 2.06. The first-order valence-corrected chi connectivity index (χ1v) is 6.19. The van der Waals surface area contributed by atoms with Gasteiger partial charge in [0.05, 0.1) is 0 Å². The molecule has 3 rings (SSSR count). The summed E-state index contributed by atoms with van der Waals surface area (Å²) in [6.45, 7) is 11.9. The van der Waals surface area contributed by atoms with Crippen molar-refractivity contribution in [2.45, 2.75) is 59.5 Å². The van der Waals surface area contributed by atoms with E-state index in [-0.39, 0.29) is 0 Å². The Bertz CT molecular complexity index is 219. The van der Waals surface area contributed by atoms with Gasteiger partial charge in [-0.2, -0.15) is 0 Å². The summed E-state index contributed by atoms with van der Waals surface area (Å²) in [7, 11) is 0. The lowest BCUT2D eigenvalue weighted by Crippen LogP contribution is -2.60. The number of hydrogen-bond donors (Lipinski definition) is 1. The molecule has 2 bridgehead atoms. The predicted molar refractivity (Wildman–Crippen MR) is 61.2 cm³/mol. The van der Waals surface area contributed by atoms with Crippen molar-refractivity contribution in [3.63, 3.8) is 0 Å². The van der Waals surface area contributed by atoms with E-state index in [4.69, 9.17) is 0 Å². The lowest BCUT2D eigenvalue weighted by atomic mass is 9.44. The first-order valence-electron chi connectivity index (χ1n) is 6.19. The molecule has 14 heavy (non-hydrogen) atoms. The molecule has 0 aliphatic heterocycles. The molecule has 1 nitrogen and oxygen atoms in total. The molecule has 0 radical (unpaired) electrons. The molecule has 3 saturated carbocycles. The molecule has 0 aromatic heterocycles. The van der Waals surface area contributed by atoms with Gasteiger partial charge < -0.3 is 5.32 Å². The van der Waals surface area contributed by atoms with E-state index in [0.717, 1.165) is 23.8 Å². The SMILES string of the molecule is CC(C)NC1CC2C[C@H]([C@H]1C)C2(C)C. The molecule has 3 aliphatic carbocycles. The number of hydrogen-bond acceptors (Lipinski definition) is 1. The van der Waals surface area contributed by atoms with Crippen LogP contribution in [0.2, 0.25) is 0 Å². The first kappa shape index (κ1) is 10.5. The van der Waals surface area contributed by atoms with Crippen LogP contribution in [-0.2, 0) is 0 Å². The Balaban J connectivity index is 2.01. The van der Waals surface area contributed by atoms with Gasteiger partial charge in [0, 0.05) is 12.1 Å². The van der Waals surface area contributed by atoms with Gasteiger partial charge in [-0.25, -0.2) is 0 Å². The highest BCUT2D eigenvalue weighted by atomic mass is 15.0. The van der Waals surface area contributed by atoms with E-state index in [1.54, 1.807) is 0 Å². The third-order valence-electron chi connectivity index (χ3n) is 4.90. The Kier molecular flexibility index (Phi) is 2.42. The molecule has 2 unspecified atom stereocenters. The van der Waals surface area contributed by atoms with Crippen molar-refractivity contribution >= 4 is 0 Å². The fraction of sp³-hybridized carbons (Fsp3) is 1.00. The fourth-order valence-electron chi connectivity index (χ4n) is 3.80. The lowest BCUT2D eigenvalue weighted by molar-refractivity contribution is -0.116. The Hall–Kier alpha value is -0.0400. The van der Waals surface area contributed by atoms with E-state index >= 15 is 0 Å². The normalized spacial score (nSPS) is 45.0. The second kappa shape index (κ2) is 3.23. The van der Waals surface area contributed by atoms with Gasteiger partial charge in [0.2, 0.25) is 0 Å². The molecule has 1 N–H and O–H groups in total. The van der Waals surface area contributed by atoms with Crippen molar-refractivity contribution in [2.75, 3.05) is 0 Å². The number of nitrogens with one attached hydrogen (secondary N) is 1. The van der Waals surface area contributed by atoms with Crippen molar-refractivity contribution in [3.8, 4) is 0 Å². The molecule has 0 saturated heterocycles. The summed E-state index contributed by atoms with van der Waals surface area (Å²) in [5, 5.41) is 3.73. The summed E-state index contributed by atoms with van der Waals surface area (Å²) in [5.41, 5.74) is 0.634. The van der Waals surface area contributed by atoms with Gasteiger partial charge in [0.1, 0.15) is 0 Å². The van der Waals surface area contributed by atoms with Crippen LogP contribution in [0.25, 0.3) is 0 Å². The predicted octanol–water partition coefficient (Wildman–Crippen LogP) is 3.06. The standard InChI is InChI=1S/C13H25N/c1-8(2)14-12-7-10-6-11(9(12)3)13(10,4)5/h8-12,14H,6-7H2,1-5H3/t9-,10?,11-,12?/m1/s1. The van der Waals surface area contributed by atoms with E-state index in [2.05, 4.69) is 39.9 Å². The molecule has 0 amide bonds. The second-order valence-electron chi connectivity index (χ2n) is 6.38. The Morgan fingerprint density at radius 3 is 2.29 bits per heavy atom. The lowest BCUT2D eigenvalue weighted by Gasteiger charge is -2.62. The molecule has 1 heteroatoms. The van der Waals surface area contributed by atoms with Gasteiger partial charge in [0.25, 0.3) is 0 Å². The summed E-state index contributed by atoms with van der Waals surface area (Å²) < 4.78 is 0. The molecular weight excluding hydrogens is 170 g/mol. The molecule has 0 spiro atoms. The second-order valence-corrected chi connectivity index (χ2v) is 6.38.